The molecule has 0 amide bonds. The van der Waals surface area contributed by atoms with Crippen molar-refractivity contribution in [1.82, 2.24) is 0 Å². The zero-order valence-corrected chi connectivity index (χ0v) is 13.8. The molecule has 0 aromatic heterocycles. The molecule has 0 aliphatic heterocycles. The van der Waals surface area contributed by atoms with Crippen LogP contribution in [0.15, 0.2) is 24.3 Å². The molecular weight excluding hydrogens is 284 g/mol. The standard InChI is InChI=1S/C17H24O5/c1-11(2)21-14(15(18)19)10-12-7-6-8-13(9-12)22-16(20)17(3,4)5/h6-9,11,14H,10H2,1-5H3,(H,18,19)/t14-/m0/s1. The molecule has 0 saturated heterocycles. The van der Waals surface area contributed by atoms with Crippen LogP contribution < -0.4 is 4.74 Å². The molecule has 0 spiro atoms. The van der Waals surface area contributed by atoms with E-state index < -0.39 is 17.5 Å². The van der Waals surface area contributed by atoms with E-state index in [1.54, 1.807) is 58.9 Å². The lowest BCUT2D eigenvalue weighted by Crippen LogP contribution is -2.29. The van der Waals surface area contributed by atoms with Crippen LogP contribution >= 0.6 is 0 Å². The number of benzene rings is 1. The van der Waals surface area contributed by atoms with E-state index in [1.807, 2.05) is 0 Å². The lowest BCUT2D eigenvalue weighted by atomic mass is 9.97. The Kier molecular flexibility index (Phi) is 6.11. The molecule has 22 heavy (non-hydrogen) atoms. The topological polar surface area (TPSA) is 72.8 Å². The molecule has 0 aliphatic rings. The van der Waals surface area contributed by atoms with E-state index >= 15 is 0 Å². The maximum absolute atomic E-state index is 11.9. The first-order valence-electron chi connectivity index (χ1n) is 7.29. The molecule has 0 fully saturated rings. The summed E-state index contributed by atoms with van der Waals surface area (Å²) in [6.07, 6.45) is -0.884. The summed E-state index contributed by atoms with van der Waals surface area (Å²) < 4.78 is 10.7. The summed E-state index contributed by atoms with van der Waals surface area (Å²) in [6.45, 7) is 8.90. The molecule has 0 radical (unpaired) electrons. The highest BCUT2D eigenvalue weighted by atomic mass is 16.5. The Labute approximate surface area is 131 Å². The predicted octanol–water partition coefficient (Wildman–Crippen LogP) is 3.06. The number of carboxylic acids is 1. The van der Waals surface area contributed by atoms with E-state index in [0.29, 0.717) is 5.75 Å². The third-order valence-electron chi connectivity index (χ3n) is 2.85. The lowest BCUT2D eigenvalue weighted by Gasteiger charge is -2.18. The van der Waals surface area contributed by atoms with Crippen LogP contribution in [-0.4, -0.2) is 29.3 Å². The smallest absolute Gasteiger partial charge is 0.333 e. The lowest BCUT2D eigenvalue weighted by molar-refractivity contribution is -0.153. The van der Waals surface area contributed by atoms with Crippen molar-refractivity contribution in [1.29, 1.82) is 0 Å². The number of hydrogen-bond acceptors (Lipinski definition) is 4. The van der Waals surface area contributed by atoms with E-state index in [0.717, 1.165) is 5.56 Å². The molecule has 1 aromatic rings. The summed E-state index contributed by atoms with van der Waals surface area (Å²) >= 11 is 0. The molecule has 5 nitrogen and oxygen atoms in total. The van der Waals surface area contributed by atoms with Gasteiger partial charge in [0.1, 0.15) is 5.75 Å². The van der Waals surface area contributed by atoms with E-state index in [2.05, 4.69) is 0 Å². The van der Waals surface area contributed by atoms with Crippen LogP contribution in [0.1, 0.15) is 40.2 Å². The molecule has 0 unspecified atom stereocenters. The van der Waals surface area contributed by atoms with Crippen LogP contribution in [0, 0.1) is 5.41 Å². The molecule has 1 atom stereocenters. The van der Waals surface area contributed by atoms with Gasteiger partial charge in [-0.25, -0.2) is 4.79 Å². The molecular formula is C17H24O5. The van der Waals surface area contributed by atoms with Crippen LogP contribution in [-0.2, 0) is 20.7 Å². The molecule has 1 aromatic carbocycles. The average Bonchev–Trinajstić information content (AvgIpc) is 2.36. The monoisotopic (exact) mass is 308 g/mol. The number of aliphatic carboxylic acids is 1. The molecule has 0 aliphatic carbocycles. The average molecular weight is 308 g/mol. The molecule has 1 N–H and O–H groups in total. The zero-order valence-electron chi connectivity index (χ0n) is 13.8. The van der Waals surface area contributed by atoms with Gasteiger partial charge in [0.05, 0.1) is 11.5 Å². The quantitative estimate of drug-likeness (QED) is 0.646. The normalized spacial score (nSPS) is 13.0. The third kappa shape index (κ3) is 5.85. The first-order valence-corrected chi connectivity index (χ1v) is 7.29. The Hall–Kier alpha value is -1.88. The van der Waals surface area contributed by atoms with Crippen LogP contribution in [0.3, 0.4) is 0 Å². The third-order valence-corrected chi connectivity index (χ3v) is 2.85. The van der Waals surface area contributed by atoms with E-state index in [9.17, 15) is 14.7 Å². The van der Waals surface area contributed by atoms with Gasteiger partial charge >= 0.3 is 11.9 Å². The molecule has 122 valence electrons. The highest BCUT2D eigenvalue weighted by molar-refractivity contribution is 5.78. The van der Waals surface area contributed by atoms with Crippen molar-refractivity contribution in [2.45, 2.75) is 53.2 Å². The van der Waals surface area contributed by atoms with Gasteiger partial charge < -0.3 is 14.6 Å². The van der Waals surface area contributed by atoms with Gasteiger partial charge in [-0.1, -0.05) is 12.1 Å². The Bertz CT molecular complexity index is 528. The summed E-state index contributed by atoms with van der Waals surface area (Å²) in [5.41, 5.74) is 0.146. The van der Waals surface area contributed by atoms with Gasteiger partial charge in [0.2, 0.25) is 0 Å². The zero-order chi connectivity index (χ0) is 16.9. The predicted molar refractivity (Wildman–Crippen MR) is 82.9 cm³/mol. The highest BCUT2D eigenvalue weighted by Crippen LogP contribution is 2.21. The van der Waals surface area contributed by atoms with Gasteiger partial charge in [-0.05, 0) is 52.3 Å². The van der Waals surface area contributed by atoms with Crippen LogP contribution in [0.4, 0.5) is 0 Å². The van der Waals surface area contributed by atoms with Crippen LogP contribution in [0.2, 0.25) is 0 Å². The highest BCUT2D eigenvalue weighted by Gasteiger charge is 2.24. The molecule has 5 heteroatoms. The number of hydrogen-bond donors (Lipinski definition) is 1. The van der Waals surface area contributed by atoms with E-state index in [-0.39, 0.29) is 18.5 Å². The summed E-state index contributed by atoms with van der Waals surface area (Å²) in [5, 5.41) is 9.19. The molecule has 0 heterocycles. The maximum atomic E-state index is 11.9. The minimum absolute atomic E-state index is 0.178. The van der Waals surface area contributed by atoms with Crippen molar-refractivity contribution in [3.63, 3.8) is 0 Å². The first kappa shape index (κ1) is 18.2. The van der Waals surface area contributed by atoms with Gasteiger partial charge in [0, 0.05) is 6.42 Å². The fourth-order valence-corrected chi connectivity index (χ4v) is 1.73. The number of esters is 1. The summed E-state index contributed by atoms with van der Waals surface area (Å²) in [6, 6.07) is 6.86. The van der Waals surface area contributed by atoms with Crippen molar-refractivity contribution in [3.8, 4) is 5.75 Å². The van der Waals surface area contributed by atoms with Gasteiger partial charge in [-0.3, -0.25) is 4.79 Å². The minimum atomic E-state index is -1.01. The fraction of sp³-hybridized carbons (Fsp3) is 0.529. The fourth-order valence-electron chi connectivity index (χ4n) is 1.73. The second-order valence-electron chi connectivity index (χ2n) is 6.50. The molecule has 0 bridgehead atoms. The second-order valence-corrected chi connectivity index (χ2v) is 6.50. The van der Waals surface area contributed by atoms with Crippen molar-refractivity contribution in [3.05, 3.63) is 29.8 Å². The number of rotatable bonds is 6. The van der Waals surface area contributed by atoms with Crippen molar-refractivity contribution in [2.24, 2.45) is 5.41 Å². The van der Waals surface area contributed by atoms with Crippen molar-refractivity contribution < 1.29 is 24.2 Å². The largest absolute Gasteiger partial charge is 0.479 e. The number of carbonyl (C=O) groups is 2. The Morgan fingerprint density at radius 2 is 1.86 bits per heavy atom. The van der Waals surface area contributed by atoms with Gasteiger partial charge in [-0.2, -0.15) is 0 Å². The van der Waals surface area contributed by atoms with Crippen LogP contribution in [0.5, 0.6) is 5.75 Å². The number of carboxylic acid groups (broad SMARTS) is 1. The Morgan fingerprint density at radius 1 is 1.23 bits per heavy atom. The van der Waals surface area contributed by atoms with Crippen molar-refractivity contribution in [2.75, 3.05) is 0 Å². The van der Waals surface area contributed by atoms with Crippen molar-refractivity contribution >= 4 is 11.9 Å². The van der Waals surface area contributed by atoms with Gasteiger partial charge in [0.15, 0.2) is 6.10 Å². The van der Waals surface area contributed by atoms with Gasteiger partial charge in [-0.15, -0.1) is 0 Å². The number of carbonyl (C=O) groups excluding carboxylic acids is 1. The van der Waals surface area contributed by atoms with E-state index in [4.69, 9.17) is 9.47 Å². The Morgan fingerprint density at radius 3 is 2.36 bits per heavy atom. The summed E-state index contributed by atoms with van der Waals surface area (Å²) in [4.78, 5) is 23.1. The number of ether oxygens (including phenoxy) is 2. The van der Waals surface area contributed by atoms with Gasteiger partial charge in [0.25, 0.3) is 0 Å². The summed E-state index contributed by atoms with van der Waals surface area (Å²) in [7, 11) is 0. The molecule has 0 saturated carbocycles. The molecule has 1 rings (SSSR count). The maximum Gasteiger partial charge on any atom is 0.333 e. The minimum Gasteiger partial charge on any atom is -0.479 e. The van der Waals surface area contributed by atoms with E-state index in [1.165, 1.54) is 0 Å². The first-order chi connectivity index (χ1) is 10.1. The Balaban J connectivity index is 2.83. The summed E-state index contributed by atoms with van der Waals surface area (Å²) in [5.74, 6) is -0.935. The van der Waals surface area contributed by atoms with Crippen LogP contribution in [0.25, 0.3) is 0 Å². The SMILES string of the molecule is CC(C)O[C@@H](Cc1cccc(OC(=O)C(C)(C)C)c1)C(=O)O. The second kappa shape index (κ2) is 7.40.